The van der Waals surface area contributed by atoms with Crippen LogP contribution in [0, 0.1) is 12.3 Å². The summed E-state index contributed by atoms with van der Waals surface area (Å²) in [4.78, 5) is 10.8. The van der Waals surface area contributed by atoms with E-state index < -0.39 is 0 Å². The topological polar surface area (TPSA) is 28.0 Å². The van der Waals surface area contributed by atoms with Crippen LogP contribution >= 0.6 is 0 Å². The van der Waals surface area contributed by atoms with Gasteiger partial charge in [0.15, 0.2) is 0 Å². The first kappa shape index (κ1) is 16.4. The minimum atomic E-state index is -0.0650. The van der Waals surface area contributed by atoms with Crippen molar-refractivity contribution >= 4 is 11.5 Å². The highest BCUT2D eigenvalue weighted by Gasteiger charge is 2.20. The van der Waals surface area contributed by atoms with Gasteiger partial charge in [-0.1, -0.05) is 26.3 Å². The molecule has 3 heteroatoms. The van der Waals surface area contributed by atoms with Gasteiger partial charge in [-0.3, -0.25) is 9.98 Å². The van der Waals surface area contributed by atoms with Crippen molar-refractivity contribution in [2.75, 3.05) is 13.6 Å². The van der Waals surface area contributed by atoms with E-state index in [-0.39, 0.29) is 6.04 Å². The van der Waals surface area contributed by atoms with E-state index in [4.69, 9.17) is 6.42 Å². The summed E-state index contributed by atoms with van der Waals surface area (Å²) in [6.07, 6.45) is 7.22. The van der Waals surface area contributed by atoms with Crippen molar-refractivity contribution in [3.63, 3.8) is 0 Å². The maximum Gasteiger partial charge on any atom is 0.104 e. The zero-order valence-corrected chi connectivity index (χ0v) is 12.3. The van der Waals surface area contributed by atoms with Gasteiger partial charge in [-0.25, -0.2) is 0 Å². The van der Waals surface area contributed by atoms with Gasteiger partial charge in [-0.15, -0.1) is 6.42 Å². The maximum atomic E-state index is 5.55. The Morgan fingerprint density at radius 3 is 2.28 bits per heavy atom. The first-order valence-corrected chi connectivity index (χ1v) is 6.50. The lowest BCUT2D eigenvalue weighted by Crippen LogP contribution is -2.39. The van der Waals surface area contributed by atoms with Gasteiger partial charge in [0.05, 0.1) is 17.5 Å². The molecule has 0 aromatic carbocycles. The van der Waals surface area contributed by atoms with E-state index in [1.54, 1.807) is 7.05 Å². The molecule has 0 bridgehead atoms. The van der Waals surface area contributed by atoms with Gasteiger partial charge in [0, 0.05) is 20.0 Å². The number of aliphatic imine (C=N–C) groups is 2. The summed E-state index contributed by atoms with van der Waals surface area (Å²) in [5.74, 6) is 3.69. The summed E-state index contributed by atoms with van der Waals surface area (Å²) in [7, 11) is 1.78. The molecular formula is C15H25N3. The van der Waals surface area contributed by atoms with Crippen LogP contribution in [0.1, 0.15) is 40.5 Å². The van der Waals surface area contributed by atoms with Gasteiger partial charge in [-0.05, 0) is 20.3 Å². The van der Waals surface area contributed by atoms with Crippen LogP contribution in [0.2, 0.25) is 0 Å². The van der Waals surface area contributed by atoms with Crippen molar-refractivity contribution in [3.8, 4) is 12.3 Å². The zero-order valence-electron chi connectivity index (χ0n) is 12.3. The lowest BCUT2D eigenvalue weighted by atomic mass is 10.1. The van der Waals surface area contributed by atoms with E-state index in [0.29, 0.717) is 0 Å². The molecule has 1 atom stereocenters. The molecule has 0 N–H and O–H groups in total. The van der Waals surface area contributed by atoms with Crippen LogP contribution in [-0.2, 0) is 0 Å². The maximum absolute atomic E-state index is 5.55. The zero-order chi connectivity index (χ0) is 14.1. The predicted octanol–water partition coefficient (Wildman–Crippen LogP) is 3.13. The minimum absolute atomic E-state index is 0.0650. The fourth-order valence-corrected chi connectivity index (χ4v) is 1.86. The minimum Gasteiger partial charge on any atom is -0.315 e. The summed E-state index contributed by atoms with van der Waals surface area (Å²) < 4.78 is 0. The molecule has 0 aromatic heterocycles. The highest BCUT2D eigenvalue weighted by molar-refractivity contribution is 6.03. The Balaban J connectivity index is 5.41. The van der Waals surface area contributed by atoms with E-state index in [9.17, 15) is 0 Å². The molecular weight excluding hydrogens is 222 g/mol. The fourth-order valence-electron chi connectivity index (χ4n) is 1.86. The number of rotatable bonds is 6. The largest absolute Gasteiger partial charge is 0.315 e. The van der Waals surface area contributed by atoms with E-state index in [1.807, 2.05) is 18.7 Å². The molecule has 3 nitrogen and oxygen atoms in total. The number of nitrogens with zero attached hydrogens (tertiary/aromatic N) is 3. The monoisotopic (exact) mass is 247 g/mol. The van der Waals surface area contributed by atoms with Crippen LogP contribution in [0.15, 0.2) is 22.3 Å². The van der Waals surface area contributed by atoms with Gasteiger partial charge in [0.2, 0.25) is 0 Å². The van der Waals surface area contributed by atoms with E-state index in [2.05, 4.69) is 36.3 Å². The van der Waals surface area contributed by atoms with Crippen molar-refractivity contribution in [3.05, 3.63) is 12.3 Å². The molecule has 0 aliphatic carbocycles. The molecule has 0 aliphatic heterocycles. The number of terminal acetylenes is 1. The van der Waals surface area contributed by atoms with Crippen molar-refractivity contribution in [1.82, 2.24) is 4.90 Å². The summed E-state index contributed by atoms with van der Waals surface area (Å²) in [5.41, 5.74) is 1.86. The normalized spacial score (nSPS) is 14.0. The van der Waals surface area contributed by atoms with Gasteiger partial charge < -0.3 is 4.90 Å². The number of hydrogen-bond acceptors (Lipinski definition) is 2. The van der Waals surface area contributed by atoms with Gasteiger partial charge in [0.25, 0.3) is 0 Å². The van der Waals surface area contributed by atoms with Gasteiger partial charge in [-0.2, -0.15) is 0 Å². The Kier molecular flexibility index (Phi) is 7.78. The van der Waals surface area contributed by atoms with Crippen LogP contribution in [0.5, 0.6) is 0 Å². The Hall–Kier alpha value is -1.56. The molecule has 0 amide bonds. The van der Waals surface area contributed by atoms with E-state index in [1.165, 1.54) is 0 Å². The standard InChI is InChI=1S/C15H25N3/c1-8-12(5)18(15(10-3)16-7)13(6)14(9-2)17-11-4/h1,12H,6,9-11H2,2-5,7H3/b16-15-,17-14-. The molecule has 0 saturated carbocycles. The third-order valence-electron chi connectivity index (χ3n) is 2.79. The Morgan fingerprint density at radius 1 is 1.33 bits per heavy atom. The SMILES string of the molecule is C#CC(C)N(C(=C)/C(CC)=N\CC)/C(CC)=N\C. The van der Waals surface area contributed by atoms with Crippen molar-refractivity contribution < 1.29 is 0 Å². The predicted molar refractivity (Wildman–Crippen MR) is 81.2 cm³/mol. The summed E-state index contributed by atoms with van der Waals surface area (Å²) in [6.45, 7) is 13.0. The average molecular weight is 247 g/mol. The average Bonchev–Trinajstić information content (AvgIpc) is 2.40. The summed E-state index contributed by atoms with van der Waals surface area (Å²) in [6, 6.07) is -0.0650. The van der Waals surface area contributed by atoms with Crippen LogP contribution in [0.25, 0.3) is 0 Å². The molecule has 100 valence electrons. The molecule has 0 radical (unpaired) electrons. The highest BCUT2D eigenvalue weighted by Crippen LogP contribution is 2.14. The van der Waals surface area contributed by atoms with Gasteiger partial charge >= 0.3 is 0 Å². The van der Waals surface area contributed by atoms with E-state index >= 15 is 0 Å². The third-order valence-corrected chi connectivity index (χ3v) is 2.79. The van der Waals surface area contributed by atoms with E-state index in [0.717, 1.165) is 36.6 Å². The fraction of sp³-hybridized carbons (Fsp3) is 0.600. The smallest absolute Gasteiger partial charge is 0.104 e. The third kappa shape index (κ3) is 4.03. The molecule has 1 unspecified atom stereocenters. The van der Waals surface area contributed by atoms with Crippen molar-refractivity contribution in [2.24, 2.45) is 9.98 Å². The Labute approximate surface area is 112 Å². The van der Waals surface area contributed by atoms with Crippen LogP contribution in [0.3, 0.4) is 0 Å². The first-order valence-electron chi connectivity index (χ1n) is 6.50. The summed E-state index contributed by atoms with van der Waals surface area (Å²) in [5, 5.41) is 0. The number of amidine groups is 1. The quantitative estimate of drug-likeness (QED) is 0.402. The second kappa shape index (κ2) is 8.52. The first-order chi connectivity index (χ1) is 8.56. The molecule has 0 heterocycles. The Bertz CT molecular complexity index is 372. The van der Waals surface area contributed by atoms with Crippen LogP contribution in [0.4, 0.5) is 0 Å². The lowest BCUT2D eigenvalue weighted by molar-refractivity contribution is 0.482. The molecule has 0 rings (SSSR count). The molecule has 0 fully saturated rings. The number of hydrogen-bond donors (Lipinski definition) is 0. The lowest BCUT2D eigenvalue weighted by Gasteiger charge is -2.31. The van der Waals surface area contributed by atoms with Crippen LogP contribution in [-0.4, -0.2) is 36.1 Å². The molecule has 0 spiro atoms. The highest BCUT2D eigenvalue weighted by atomic mass is 15.2. The second-order valence-electron chi connectivity index (χ2n) is 3.93. The van der Waals surface area contributed by atoms with Gasteiger partial charge in [0.1, 0.15) is 5.84 Å². The summed E-state index contributed by atoms with van der Waals surface area (Å²) >= 11 is 0. The number of allylic oxidation sites excluding steroid dienone is 1. The molecule has 0 aliphatic rings. The van der Waals surface area contributed by atoms with Crippen molar-refractivity contribution in [1.29, 1.82) is 0 Å². The molecule has 18 heavy (non-hydrogen) atoms. The second-order valence-corrected chi connectivity index (χ2v) is 3.93. The van der Waals surface area contributed by atoms with Crippen LogP contribution < -0.4 is 0 Å². The van der Waals surface area contributed by atoms with Crippen molar-refractivity contribution in [2.45, 2.75) is 46.6 Å². The Morgan fingerprint density at radius 2 is 1.94 bits per heavy atom. The molecule has 0 aromatic rings. The molecule has 0 saturated heterocycles.